The lowest BCUT2D eigenvalue weighted by molar-refractivity contribution is 0.0951. The van der Waals surface area contributed by atoms with E-state index in [2.05, 4.69) is 21.3 Å². The van der Waals surface area contributed by atoms with Crippen molar-refractivity contribution in [1.82, 2.24) is 10.3 Å². The zero-order valence-corrected chi connectivity index (χ0v) is 12.9. The van der Waals surface area contributed by atoms with Crippen molar-refractivity contribution in [3.63, 3.8) is 0 Å². The van der Waals surface area contributed by atoms with Crippen LogP contribution < -0.4 is 10.2 Å². The van der Waals surface area contributed by atoms with E-state index in [1.54, 1.807) is 0 Å². The van der Waals surface area contributed by atoms with Crippen LogP contribution in [0.1, 0.15) is 34.3 Å². The Bertz CT molecular complexity index is 663. The van der Waals surface area contributed by atoms with Crippen molar-refractivity contribution in [3.05, 3.63) is 59.3 Å². The highest BCUT2D eigenvalue weighted by Crippen LogP contribution is 2.18. The first kappa shape index (κ1) is 14.6. The molecule has 1 aromatic carbocycles. The molecule has 4 nitrogen and oxygen atoms in total. The van der Waals surface area contributed by atoms with E-state index < -0.39 is 0 Å². The fourth-order valence-corrected chi connectivity index (χ4v) is 2.76. The molecule has 1 amide bonds. The zero-order chi connectivity index (χ0) is 15.4. The van der Waals surface area contributed by atoms with Crippen molar-refractivity contribution >= 4 is 11.7 Å². The number of anilines is 1. The molecule has 1 aliphatic heterocycles. The summed E-state index contributed by atoms with van der Waals surface area (Å²) in [5, 5.41) is 2.98. The molecule has 3 rings (SSSR count). The average molecular weight is 295 g/mol. The van der Waals surface area contributed by atoms with Gasteiger partial charge in [0.25, 0.3) is 5.91 Å². The van der Waals surface area contributed by atoms with Crippen molar-refractivity contribution in [1.29, 1.82) is 0 Å². The van der Waals surface area contributed by atoms with Gasteiger partial charge in [-0.2, -0.15) is 0 Å². The summed E-state index contributed by atoms with van der Waals surface area (Å²) in [5.74, 6) is 0.975. The molecule has 0 saturated carbocycles. The predicted molar refractivity (Wildman–Crippen MR) is 88.0 cm³/mol. The lowest BCUT2D eigenvalue weighted by Gasteiger charge is -2.17. The summed E-state index contributed by atoms with van der Waals surface area (Å²) in [5.41, 5.74) is 2.87. The Kier molecular flexibility index (Phi) is 4.37. The van der Waals surface area contributed by atoms with Gasteiger partial charge in [-0.25, -0.2) is 4.98 Å². The van der Waals surface area contributed by atoms with Crippen LogP contribution in [0.2, 0.25) is 0 Å². The SMILES string of the molecule is Cc1cccc(C(=O)NCc2ccnc(N3CCCC3)c2)c1. The van der Waals surface area contributed by atoms with Crippen LogP contribution in [-0.2, 0) is 6.54 Å². The molecule has 0 aliphatic carbocycles. The number of rotatable bonds is 4. The molecular weight excluding hydrogens is 274 g/mol. The minimum atomic E-state index is -0.0387. The van der Waals surface area contributed by atoms with E-state index in [4.69, 9.17) is 0 Å². The topological polar surface area (TPSA) is 45.2 Å². The Hall–Kier alpha value is -2.36. The number of amides is 1. The summed E-state index contributed by atoms with van der Waals surface area (Å²) >= 11 is 0. The standard InChI is InChI=1S/C18H21N3O/c1-14-5-4-6-16(11-14)18(22)20-13-15-7-8-19-17(12-15)21-9-2-3-10-21/h4-8,11-12H,2-3,9-10,13H2,1H3,(H,20,22). The average Bonchev–Trinajstić information content (AvgIpc) is 3.07. The lowest BCUT2D eigenvalue weighted by Crippen LogP contribution is -2.23. The van der Waals surface area contributed by atoms with Crippen molar-refractivity contribution in [2.75, 3.05) is 18.0 Å². The van der Waals surface area contributed by atoms with Gasteiger partial charge in [0.1, 0.15) is 5.82 Å². The molecule has 0 spiro atoms. The molecule has 0 bridgehead atoms. The van der Waals surface area contributed by atoms with E-state index in [9.17, 15) is 4.79 Å². The van der Waals surface area contributed by atoms with Crippen LogP contribution in [0.3, 0.4) is 0 Å². The van der Waals surface area contributed by atoms with E-state index >= 15 is 0 Å². The van der Waals surface area contributed by atoms with Crippen LogP contribution in [0.5, 0.6) is 0 Å². The lowest BCUT2D eigenvalue weighted by atomic mass is 10.1. The van der Waals surface area contributed by atoms with Gasteiger partial charge >= 0.3 is 0 Å². The number of aryl methyl sites for hydroxylation is 1. The Morgan fingerprint density at radius 1 is 1.23 bits per heavy atom. The monoisotopic (exact) mass is 295 g/mol. The number of carbonyl (C=O) groups is 1. The molecule has 22 heavy (non-hydrogen) atoms. The van der Waals surface area contributed by atoms with Crippen LogP contribution in [0.25, 0.3) is 0 Å². The second-order valence-corrected chi connectivity index (χ2v) is 5.77. The molecule has 1 fully saturated rings. The summed E-state index contributed by atoms with van der Waals surface area (Å²) in [6.45, 7) is 4.66. The Morgan fingerprint density at radius 3 is 2.82 bits per heavy atom. The molecular formula is C18H21N3O. The number of aromatic nitrogens is 1. The fraction of sp³-hybridized carbons (Fsp3) is 0.333. The summed E-state index contributed by atoms with van der Waals surface area (Å²) in [6, 6.07) is 11.7. The predicted octanol–water partition coefficient (Wildman–Crippen LogP) is 2.92. The molecule has 0 radical (unpaired) electrons. The van der Waals surface area contributed by atoms with Crippen LogP contribution in [-0.4, -0.2) is 24.0 Å². The summed E-state index contributed by atoms with van der Waals surface area (Å²) in [6.07, 6.45) is 4.29. The van der Waals surface area contributed by atoms with Gasteiger partial charge in [-0.15, -0.1) is 0 Å². The molecule has 114 valence electrons. The van der Waals surface area contributed by atoms with Crippen molar-refractivity contribution < 1.29 is 4.79 Å². The van der Waals surface area contributed by atoms with Crippen molar-refractivity contribution in [2.45, 2.75) is 26.3 Å². The van der Waals surface area contributed by atoms with E-state index in [-0.39, 0.29) is 5.91 Å². The van der Waals surface area contributed by atoms with Gasteiger partial charge in [0, 0.05) is 31.4 Å². The molecule has 0 unspecified atom stereocenters. The third-order valence-electron chi connectivity index (χ3n) is 3.97. The smallest absolute Gasteiger partial charge is 0.251 e. The van der Waals surface area contributed by atoms with Gasteiger partial charge in [0.15, 0.2) is 0 Å². The van der Waals surface area contributed by atoms with Crippen LogP contribution in [0.15, 0.2) is 42.6 Å². The van der Waals surface area contributed by atoms with Gasteiger partial charge in [0.2, 0.25) is 0 Å². The first-order valence-electron chi connectivity index (χ1n) is 7.77. The van der Waals surface area contributed by atoms with Gasteiger partial charge in [-0.05, 0) is 49.6 Å². The number of hydrogen-bond acceptors (Lipinski definition) is 3. The maximum Gasteiger partial charge on any atom is 0.251 e. The highest BCUT2D eigenvalue weighted by molar-refractivity contribution is 5.94. The first-order chi connectivity index (χ1) is 10.7. The number of nitrogens with one attached hydrogen (secondary N) is 1. The second kappa shape index (κ2) is 6.60. The van der Waals surface area contributed by atoms with E-state index in [0.29, 0.717) is 12.1 Å². The molecule has 1 aliphatic rings. The van der Waals surface area contributed by atoms with Crippen LogP contribution in [0, 0.1) is 6.92 Å². The van der Waals surface area contributed by atoms with Crippen molar-refractivity contribution in [3.8, 4) is 0 Å². The minimum Gasteiger partial charge on any atom is -0.357 e. The number of hydrogen-bond donors (Lipinski definition) is 1. The highest BCUT2D eigenvalue weighted by atomic mass is 16.1. The highest BCUT2D eigenvalue weighted by Gasteiger charge is 2.13. The maximum atomic E-state index is 12.2. The largest absolute Gasteiger partial charge is 0.357 e. The van der Waals surface area contributed by atoms with Crippen molar-refractivity contribution in [2.24, 2.45) is 0 Å². The minimum absolute atomic E-state index is 0.0387. The summed E-state index contributed by atoms with van der Waals surface area (Å²) in [4.78, 5) is 18.9. The van der Waals surface area contributed by atoms with Gasteiger partial charge in [-0.3, -0.25) is 4.79 Å². The number of benzene rings is 1. The fourth-order valence-electron chi connectivity index (χ4n) is 2.76. The Labute approximate surface area is 131 Å². The van der Waals surface area contributed by atoms with Gasteiger partial charge < -0.3 is 10.2 Å². The number of nitrogens with zero attached hydrogens (tertiary/aromatic N) is 2. The normalized spacial score (nSPS) is 14.1. The summed E-state index contributed by atoms with van der Waals surface area (Å²) in [7, 11) is 0. The zero-order valence-electron chi connectivity index (χ0n) is 12.9. The molecule has 2 aromatic rings. The number of carbonyl (C=O) groups excluding carboxylic acids is 1. The van der Waals surface area contributed by atoms with Gasteiger partial charge in [-0.1, -0.05) is 17.7 Å². The molecule has 4 heteroatoms. The van der Waals surface area contributed by atoms with Crippen LogP contribution >= 0.6 is 0 Å². The third-order valence-corrected chi connectivity index (χ3v) is 3.97. The molecule has 1 saturated heterocycles. The number of pyridine rings is 1. The summed E-state index contributed by atoms with van der Waals surface area (Å²) < 4.78 is 0. The van der Waals surface area contributed by atoms with Crippen LogP contribution in [0.4, 0.5) is 5.82 Å². The first-order valence-corrected chi connectivity index (χ1v) is 7.77. The van der Waals surface area contributed by atoms with E-state index in [0.717, 1.165) is 30.0 Å². The van der Waals surface area contributed by atoms with E-state index in [1.165, 1.54) is 12.8 Å². The molecule has 0 atom stereocenters. The van der Waals surface area contributed by atoms with E-state index in [1.807, 2.05) is 43.5 Å². The van der Waals surface area contributed by atoms with Gasteiger partial charge in [0.05, 0.1) is 0 Å². The second-order valence-electron chi connectivity index (χ2n) is 5.77. The maximum absolute atomic E-state index is 12.2. The molecule has 1 aromatic heterocycles. The Balaban J connectivity index is 1.63. The molecule has 2 heterocycles. The molecule has 1 N–H and O–H groups in total. The third kappa shape index (κ3) is 3.45. The quantitative estimate of drug-likeness (QED) is 0.943. The Morgan fingerprint density at radius 2 is 2.05 bits per heavy atom.